The molecular formula is C10H14Cl2N4O. The van der Waals surface area contributed by atoms with E-state index in [0.717, 1.165) is 6.42 Å². The molecule has 1 rings (SSSR count). The standard InChI is InChI=1S/C10H14Cl2N4O/c1-6(5-13)2-3-9(17)15-8-4-7(11)14-10(12)16-8/h4,6H,2-3,5,13H2,1H3,(H,14,15,16,17). The number of hydrogen-bond donors (Lipinski definition) is 2. The molecule has 0 saturated heterocycles. The average molecular weight is 277 g/mol. The number of aromatic nitrogens is 2. The number of halogens is 2. The number of nitrogens with two attached hydrogens (primary N) is 1. The Bertz CT molecular complexity index is 380. The lowest BCUT2D eigenvalue weighted by atomic mass is 10.1. The molecule has 1 amide bonds. The first-order valence-corrected chi connectivity index (χ1v) is 5.97. The summed E-state index contributed by atoms with van der Waals surface area (Å²) < 4.78 is 0. The summed E-state index contributed by atoms with van der Waals surface area (Å²) in [6.07, 6.45) is 1.12. The van der Waals surface area contributed by atoms with E-state index in [2.05, 4.69) is 15.3 Å². The molecule has 0 aromatic carbocycles. The maximum atomic E-state index is 11.6. The van der Waals surface area contributed by atoms with Crippen molar-refractivity contribution in [1.29, 1.82) is 0 Å². The summed E-state index contributed by atoms with van der Waals surface area (Å²) in [7, 11) is 0. The zero-order valence-electron chi connectivity index (χ0n) is 9.41. The van der Waals surface area contributed by atoms with Crippen molar-refractivity contribution in [3.05, 3.63) is 16.5 Å². The summed E-state index contributed by atoms with van der Waals surface area (Å²) in [6.45, 7) is 2.56. The van der Waals surface area contributed by atoms with E-state index in [0.29, 0.717) is 24.7 Å². The molecule has 0 saturated carbocycles. The van der Waals surface area contributed by atoms with E-state index in [1.165, 1.54) is 6.07 Å². The molecule has 0 aliphatic rings. The fraction of sp³-hybridized carbons (Fsp3) is 0.500. The summed E-state index contributed by atoms with van der Waals surface area (Å²) in [5.74, 6) is 0.481. The summed E-state index contributed by atoms with van der Waals surface area (Å²) in [4.78, 5) is 19.1. The number of amides is 1. The molecule has 0 radical (unpaired) electrons. The second-order valence-corrected chi connectivity index (χ2v) is 4.50. The molecule has 94 valence electrons. The Hall–Kier alpha value is -0.910. The third-order valence-electron chi connectivity index (χ3n) is 2.20. The van der Waals surface area contributed by atoms with Crippen LogP contribution >= 0.6 is 23.2 Å². The van der Waals surface area contributed by atoms with Crippen LogP contribution < -0.4 is 11.1 Å². The van der Waals surface area contributed by atoms with Crippen LogP contribution in [0.5, 0.6) is 0 Å². The Balaban J connectivity index is 2.50. The molecule has 5 nitrogen and oxygen atoms in total. The lowest BCUT2D eigenvalue weighted by molar-refractivity contribution is -0.116. The van der Waals surface area contributed by atoms with Crippen LogP contribution in [0.4, 0.5) is 5.82 Å². The highest BCUT2D eigenvalue weighted by molar-refractivity contribution is 6.32. The van der Waals surface area contributed by atoms with Gasteiger partial charge in [0.25, 0.3) is 0 Å². The maximum Gasteiger partial charge on any atom is 0.225 e. The predicted molar refractivity (Wildman–Crippen MR) is 68.1 cm³/mol. The Labute approximate surface area is 110 Å². The van der Waals surface area contributed by atoms with E-state index in [4.69, 9.17) is 28.9 Å². The first-order chi connectivity index (χ1) is 8.01. The number of hydrogen-bond acceptors (Lipinski definition) is 4. The second kappa shape index (κ2) is 6.74. The smallest absolute Gasteiger partial charge is 0.225 e. The van der Waals surface area contributed by atoms with Gasteiger partial charge in [-0.25, -0.2) is 9.97 Å². The molecule has 1 aromatic rings. The highest BCUT2D eigenvalue weighted by Gasteiger charge is 2.08. The van der Waals surface area contributed by atoms with Crippen LogP contribution in [0.2, 0.25) is 10.4 Å². The van der Waals surface area contributed by atoms with Crippen molar-refractivity contribution in [3.8, 4) is 0 Å². The Morgan fingerprint density at radius 2 is 2.24 bits per heavy atom. The molecule has 1 aromatic heterocycles. The van der Waals surface area contributed by atoms with E-state index in [1.54, 1.807) is 0 Å². The van der Waals surface area contributed by atoms with Gasteiger partial charge in [-0.2, -0.15) is 0 Å². The van der Waals surface area contributed by atoms with Crippen molar-refractivity contribution in [2.75, 3.05) is 11.9 Å². The molecular weight excluding hydrogens is 263 g/mol. The van der Waals surface area contributed by atoms with Gasteiger partial charge in [0.15, 0.2) is 0 Å². The SMILES string of the molecule is CC(CN)CCC(=O)Nc1cc(Cl)nc(Cl)n1. The minimum Gasteiger partial charge on any atom is -0.330 e. The number of rotatable bonds is 5. The van der Waals surface area contributed by atoms with Crippen LogP contribution in [-0.2, 0) is 4.79 Å². The second-order valence-electron chi connectivity index (χ2n) is 3.77. The van der Waals surface area contributed by atoms with E-state index >= 15 is 0 Å². The van der Waals surface area contributed by atoms with Crippen molar-refractivity contribution in [2.45, 2.75) is 19.8 Å². The molecule has 1 unspecified atom stereocenters. The number of nitrogens with zero attached hydrogens (tertiary/aromatic N) is 2. The van der Waals surface area contributed by atoms with Gasteiger partial charge in [0.2, 0.25) is 11.2 Å². The molecule has 3 N–H and O–H groups in total. The van der Waals surface area contributed by atoms with Crippen molar-refractivity contribution < 1.29 is 4.79 Å². The van der Waals surface area contributed by atoms with Crippen LogP contribution in [0.25, 0.3) is 0 Å². The van der Waals surface area contributed by atoms with Gasteiger partial charge in [0.05, 0.1) is 0 Å². The minimum absolute atomic E-state index is 0.00289. The molecule has 0 bridgehead atoms. The van der Waals surface area contributed by atoms with Gasteiger partial charge in [-0.15, -0.1) is 0 Å². The number of nitrogens with one attached hydrogen (secondary N) is 1. The van der Waals surface area contributed by atoms with E-state index in [9.17, 15) is 4.79 Å². The highest BCUT2D eigenvalue weighted by atomic mass is 35.5. The molecule has 1 heterocycles. The average Bonchev–Trinajstić information content (AvgIpc) is 2.24. The van der Waals surface area contributed by atoms with Crippen LogP contribution in [0.1, 0.15) is 19.8 Å². The quantitative estimate of drug-likeness (QED) is 0.638. The lowest BCUT2D eigenvalue weighted by Gasteiger charge is -2.08. The largest absolute Gasteiger partial charge is 0.330 e. The number of carbonyl (C=O) groups is 1. The Morgan fingerprint density at radius 1 is 1.53 bits per heavy atom. The summed E-state index contributed by atoms with van der Waals surface area (Å²) >= 11 is 11.3. The molecule has 1 atom stereocenters. The fourth-order valence-corrected chi connectivity index (χ4v) is 1.56. The lowest BCUT2D eigenvalue weighted by Crippen LogP contribution is -2.17. The van der Waals surface area contributed by atoms with Crippen LogP contribution in [0, 0.1) is 5.92 Å². The third kappa shape index (κ3) is 5.30. The van der Waals surface area contributed by atoms with Gasteiger partial charge in [0, 0.05) is 12.5 Å². The van der Waals surface area contributed by atoms with Crippen molar-refractivity contribution in [3.63, 3.8) is 0 Å². The van der Waals surface area contributed by atoms with Gasteiger partial charge < -0.3 is 11.1 Å². The Kier molecular flexibility index (Phi) is 5.61. The fourth-order valence-electron chi connectivity index (χ4n) is 1.15. The first kappa shape index (κ1) is 14.2. The van der Waals surface area contributed by atoms with Crippen molar-refractivity contribution in [2.24, 2.45) is 11.7 Å². The monoisotopic (exact) mass is 276 g/mol. The predicted octanol–water partition coefficient (Wildman–Crippen LogP) is 2.10. The Morgan fingerprint density at radius 3 is 2.82 bits per heavy atom. The minimum atomic E-state index is -0.142. The normalized spacial score (nSPS) is 12.2. The topological polar surface area (TPSA) is 80.9 Å². The maximum absolute atomic E-state index is 11.6. The summed E-state index contributed by atoms with van der Waals surface area (Å²) in [5, 5.41) is 2.80. The van der Waals surface area contributed by atoms with Crippen LogP contribution in [-0.4, -0.2) is 22.4 Å². The third-order valence-corrected chi connectivity index (χ3v) is 2.56. The zero-order chi connectivity index (χ0) is 12.8. The molecule has 0 fully saturated rings. The van der Waals surface area contributed by atoms with Gasteiger partial charge >= 0.3 is 0 Å². The molecule has 0 aliphatic carbocycles. The van der Waals surface area contributed by atoms with E-state index in [-0.39, 0.29) is 16.3 Å². The summed E-state index contributed by atoms with van der Waals surface area (Å²) in [6, 6.07) is 1.44. The number of carbonyl (C=O) groups excluding carboxylic acids is 1. The van der Waals surface area contributed by atoms with Gasteiger partial charge in [-0.05, 0) is 30.5 Å². The van der Waals surface area contributed by atoms with Gasteiger partial charge in [0.1, 0.15) is 11.0 Å². The van der Waals surface area contributed by atoms with E-state index in [1.807, 2.05) is 6.92 Å². The molecule has 17 heavy (non-hydrogen) atoms. The molecule has 7 heteroatoms. The molecule has 0 spiro atoms. The van der Waals surface area contributed by atoms with Crippen molar-refractivity contribution >= 4 is 34.9 Å². The first-order valence-electron chi connectivity index (χ1n) is 5.21. The zero-order valence-corrected chi connectivity index (χ0v) is 10.9. The van der Waals surface area contributed by atoms with E-state index < -0.39 is 0 Å². The number of anilines is 1. The van der Waals surface area contributed by atoms with Gasteiger partial charge in [-0.3, -0.25) is 4.79 Å². The van der Waals surface area contributed by atoms with Crippen molar-refractivity contribution in [1.82, 2.24) is 9.97 Å². The highest BCUT2D eigenvalue weighted by Crippen LogP contribution is 2.15. The van der Waals surface area contributed by atoms with Crippen LogP contribution in [0.15, 0.2) is 6.07 Å². The van der Waals surface area contributed by atoms with Gasteiger partial charge in [-0.1, -0.05) is 18.5 Å². The summed E-state index contributed by atoms with van der Waals surface area (Å²) in [5.41, 5.74) is 5.46. The molecule has 0 aliphatic heterocycles. The van der Waals surface area contributed by atoms with Crippen LogP contribution in [0.3, 0.4) is 0 Å².